The van der Waals surface area contributed by atoms with Gasteiger partial charge in [0.25, 0.3) is 0 Å². The van der Waals surface area contributed by atoms with Crippen LogP contribution in [-0.2, 0) is 0 Å². The highest BCUT2D eigenvalue weighted by molar-refractivity contribution is 5.75. The van der Waals surface area contributed by atoms with Crippen molar-refractivity contribution in [1.82, 2.24) is 24.7 Å². The largest absolute Gasteiger partial charge is 0.353 e. The summed E-state index contributed by atoms with van der Waals surface area (Å²) in [5, 5.41) is 4.26. The average Bonchev–Trinajstić information content (AvgIpc) is 3.29. The van der Waals surface area contributed by atoms with E-state index in [9.17, 15) is 0 Å². The average molecular weight is 357 g/mol. The summed E-state index contributed by atoms with van der Waals surface area (Å²) in [6.45, 7) is 3.57. The standard InChI is InChI=1S/C20H19N7/c1-2-6-17-16(5-1)21-15-20(23-17)26-13-11-25(12-14-26)18-7-3-8-19(24-18)27-10-4-9-22-27/h1-10,15H,11-14H2. The smallest absolute Gasteiger partial charge is 0.155 e. The molecule has 1 aromatic carbocycles. The van der Waals surface area contributed by atoms with E-state index in [1.54, 1.807) is 10.9 Å². The minimum Gasteiger partial charge on any atom is -0.353 e. The lowest BCUT2D eigenvalue weighted by atomic mass is 10.3. The summed E-state index contributed by atoms with van der Waals surface area (Å²) >= 11 is 0. The van der Waals surface area contributed by atoms with E-state index in [4.69, 9.17) is 9.97 Å². The second-order valence-corrected chi connectivity index (χ2v) is 6.50. The summed E-state index contributed by atoms with van der Waals surface area (Å²) in [5.74, 6) is 2.75. The van der Waals surface area contributed by atoms with Crippen LogP contribution in [0.3, 0.4) is 0 Å². The first-order valence-electron chi connectivity index (χ1n) is 9.06. The third-order valence-corrected chi connectivity index (χ3v) is 4.82. The van der Waals surface area contributed by atoms with Gasteiger partial charge in [0.1, 0.15) is 11.6 Å². The highest BCUT2D eigenvalue weighted by Gasteiger charge is 2.20. The van der Waals surface area contributed by atoms with Crippen LogP contribution in [0.15, 0.2) is 67.1 Å². The maximum atomic E-state index is 4.76. The Hall–Kier alpha value is -3.48. The van der Waals surface area contributed by atoms with Gasteiger partial charge in [-0.1, -0.05) is 18.2 Å². The minimum absolute atomic E-state index is 0.834. The fourth-order valence-electron chi connectivity index (χ4n) is 3.38. The van der Waals surface area contributed by atoms with Crippen LogP contribution in [0, 0.1) is 0 Å². The van der Waals surface area contributed by atoms with Crippen LogP contribution in [0.1, 0.15) is 0 Å². The molecule has 27 heavy (non-hydrogen) atoms. The summed E-state index contributed by atoms with van der Waals surface area (Å²) < 4.78 is 1.78. The van der Waals surface area contributed by atoms with E-state index in [1.807, 2.05) is 54.9 Å². The Bertz CT molecular complexity index is 1050. The molecule has 7 nitrogen and oxygen atoms in total. The molecule has 0 radical (unpaired) electrons. The van der Waals surface area contributed by atoms with Gasteiger partial charge in [0, 0.05) is 38.6 Å². The Morgan fingerprint density at radius 1 is 0.667 bits per heavy atom. The third kappa shape index (κ3) is 3.08. The molecule has 0 spiro atoms. The van der Waals surface area contributed by atoms with Crippen molar-refractivity contribution in [3.63, 3.8) is 0 Å². The van der Waals surface area contributed by atoms with Gasteiger partial charge in [0.15, 0.2) is 5.82 Å². The van der Waals surface area contributed by atoms with Crippen molar-refractivity contribution in [3.8, 4) is 5.82 Å². The molecule has 5 rings (SSSR count). The fraction of sp³-hybridized carbons (Fsp3) is 0.200. The summed E-state index contributed by atoms with van der Waals surface area (Å²) in [6.07, 6.45) is 5.54. The lowest BCUT2D eigenvalue weighted by molar-refractivity contribution is 0.640. The molecule has 1 saturated heterocycles. The Balaban J connectivity index is 1.32. The van der Waals surface area contributed by atoms with E-state index >= 15 is 0 Å². The topological polar surface area (TPSA) is 63.0 Å². The first-order valence-corrected chi connectivity index (χ1v) is 9.06. The number of benzene rings is 1. The number of hydrogen-bond donors (Lipinski definition) is 0. The molecule has 1 fully saturated rings. The normalized spacial score (nSPS) is 14.7. The van der Waals surface area contributed by atoms with Crippen molar-refractivity contribution in [1.29, 1.82) is 0 Å². The lowest BCUT2D eigenvalue weighted by Crippen LogP contribution is -2.47. The molecule has 0 aliphatic carbocycles. The van der Waals surface area contributed by atoms with Crippen molar-refractivity contribution in [2.45, 2.75) is 0 Å². The van der Waals surface area contributed by atoms with E-state index in [2.05, 4.69) is 25.9 Å². The van der Waals surface area contributed by atoms with Crippen LogP contribution in [0.2, 0.25) is 0 Å². The number of hydrogen-bond acceptors (Lipinski definition) is 6. The Morgan fingerprint density at radius 2 is 1.41 bits per heavy atom. The number of pyridine rings is 1. The number of fused-ring (bicyclic) bond motifs is 1. The number of para-hydroxylation sites is 2. The van der Waals surface area contributed by atoms with Gasteiger partial charge in [-0.25, -0.2) is 14.6 Å². The van der Waals surface area contributed by atoms with Gasteiger partial charge < -0.3 is 9.80 Å². The van der Waals surface area contributed by atoms with E-state index in [-0.39, 0.29) is 0 Å². The zero-order valence-corrected chi connectivity index (χ0v) is 14.8. The first kappa shape index (κ1) is 15.7. The number of aromatic nitrogens is 5. The van der Waals surface area contributed by atoms with Crippen LogP contribution in [0.5, 0.6) is 0 Å². The van der Waals surface area contributed by atoms with E-state index in [1.165, 1.54) is 0 Å². The van der Waals surface area contributed by atoms with Crippen LogP contribution >= 0.6 is 0 Å². The predicted molar refractivity (Wildman–Crippen MR) is 105 cm³/mol. The molecule has 4 aromatic rings. The predicted octanol–water partition coefficient (Wildman–Crippen LogP) is 2.54. The molecule has 0 amide bonds. The molecule has 0 unspecified atom stereocenters. The van der Waals surface area contributed by atoms with Crippen LogP contribution in [0.4, 0.5) is 11.6 Å². The number of rotatable bonds is 3. The highest BCUT2D eigenvalue weighted by Crippen LogP contribution is 2.20. The van der Waals surface area contributed by atoms with E-state index < -0.39 is 0 Å². The molecule has 1 aliphatic heterocycles. The maximum absolute atomic E-state index is 4.76. The Kier molecular flexibility index (Phi) is 3.90. The number of nitrogens with zero attached hydrogens (tertiary/aromatic N) is 7. The van der Waals surface area contributed by atoms with E-state index in [0.29, 0.717) is 0 Å². The van der Waals surface area contributed by atoms with Gasteiger partial charge in [-0.3, -0.25) is 4.98 Å². The Labute approximate surface area is 156 Å². The minimum atomic E-state index is 0.834. The number of anilines is 2. The molecule has 0 saturated carbocycles. The van der Waals surface area contributed by atoms with Crippen LogP contribution in [0.25, 0.3) is 16.9 Å². The molecule has 3 aromatic heterocycles. The summed E-state index contributed by atoms with van der Waals surface area (Å²) in [6, 6.07) is 15.9. The molecular formula is C20H19N7. The van der Waals surface area contributed by atoms with E-state index in [0.717, 1.165) is 54.7 Å². The first-order chi connectivity index (χ1) is 13.4. The van der Waals surface area contributed by atoms with Gasteiger partial charge >= 0.3 is 0 Å². The molecule has 0 bridgehead atoms. The van der Waals surface area contributed by atoms with Gasteiger partial charge in [0.05, 0.1) is 17.2 Å². The molecule has 7 heteroatoms. The van der Waals surface area contributed by atoms with Crippen LogP contribution in [-0.4, -0.2) is 50.9 Å². The SMILES string of the molecule is c1cc(N2CCN(c3cnc4ccccc4n3)CC2)nc(-n2cccn2)c1. The second-order valence-electron chi connectivity index (χ2n) is 6.50. The molecule has 134 valence electrons. The van der Waals surface area contributed by atoms with Gasteiger partial charge in [0.2, 0.25) is 0 Å². The van der Waals surface area contributed by atoms with Crippen molar-refractivity contribution in [2.24, 2.45) is 0 Å². The third-order valence-electron chi connectivity index (χ3n) is 4.82. The molecule has 1 aliphatic rings. The summed E-state index contributed by atoms with van der Waals surface area (Å²) in [4.78, 5) is 18.6. The molecule has 0 atom stereocenters. The van der Waals surface area contributed by atoms with Crippen molar-refractivity contribution >= 4 is 22.7 Å². The summed E-state index contributed by atoms with van der Waals surface area (Å²) in [5.41, 5.74) is 1.87. The van der Waals surface area contributed by atoms with Crippen molar-refractivity contribution in [2.75, 3.05) is 36.0 Å². The van der Waals surface area contributed by atoms with Crippen molar-refractivity contribution in [3.05, 3.63) is 67.1 Å². The fourth-order valence-corrected chi connectivity index (χ4v) is 3.38. The zero-order chi connectivity index (χ0) is 18.1. The maximum Gasteiger partial charge on any atom is 0.155 e. The summed E-state index contributed by atoms with van der Waals surface area (Å²) in [7, 11) is 0. The zero-order valence-electron chi connectivity index (χ0n) is 14.8. The van der Waals surface area contributed by atoms with Gasteiger partial charge in [-0.2, -0.15) is 5.10 Å². The van der Waals surface area contributed by atoms with Gasteiger partial charge in [-0.05, 0) is 30.3 Å². The lowest BCUT2D eigenvalue weighted by Gasteiger charge is -2.36. The quantitative estimate of drug-likeness (QED) is 0.561. The second kappa shape index (κ2) is 6.68. The van der Waals surface area contributed by atoms with Crippen molar-refractivity contribution < 1.29 is 0 Å². The monoisotopic (exact) mass is 357 g/mol. The highest BCUT2D eigenvalue weighted by atomic mass is 15.3. The van der Waals surface area contributed by atoms with Gasteiger partial charge in [-0.15, -0.1) is 0 Å². The number of piperazine rings is 1. The molecular weight excluding hydrogens is 338 g/mol. The molecule has 0 N–H and O–H groups in total. The van der Waals surface area contributed by atoms with Crippen LogP contribution < -0.4 is 9.80 Å². The Morgan fingerprint density at radius 3 is 2.19 bits per heavy atom. The molecule has 4 heterocycles.